The second kappa shape index (κ2) is 8.35. The molecule has 1 fully saturated rings. The largest absolute Gasteiger partial charge is 0.482 e. The van der Waals surface area contributed by atoms with Gasteiger partial charge in [0.1, 0.15) is 5.75 Å². The van der Waals surface area contributed by atoms with Gasteiger partial charge in [-0.2, -0.15) is 0 Å². The van der Waals surface area contributed by atoms with Crippen LogP contribution in [0.2, 0.25) is 0 Å². The highest BCUT2D eigenvalue weighted by Crippen LogP contribution is 2.25. The molecule has 1 heterocycles. The summed E-state index contributed by atoms with van der Waals surface area (Å²) in [6.07, 6.45) is 1.40. The number of nitrogens with one attached hydrogen (secondary N) is 2. The number of carbonyl (C=O) groups excluding carboxylic acids is 3. The number of carbonyl (C=O) groups is 3. The maximum absolute atomic E-state index is 12.2. The van der Waals surface area contributed by atoms with E-state index in [9.17, 15) is 14.4 Å². The van der Waals surface area contributed by atoms with E-state index < -0.39 is 0 Å². The standard InChI is InChI=1S/C20H21N3O4/c1-14(24)21-17-8-2-3-9-18(17)27-13-19(25)22-15-6-4-7-16(12-15)23-11-5-10-20(23)26/h2-4,6-9,12H,5,10-11,13H2,1H3,(H,21,24)(H,22,25). The molecule has 7 nitrogen and oxygen atoms in total. The van der Waals surface area contributed by atoms with Crippen LogP contribution in [0.3, 0.4) is 0 Å². The number of anilines is 3. The first-order chi connectivity index (χ1) is 13.0. The lowest BCUT2D eigenvalue weighted by atomic mass is 10.2. The van der Waals surface area contributed by atoms with Gasteiger partial charge in [-0.1, -0.05) is 18.2 Å². The van der Waals surface area contributed by atoms with Gasteiger partial charge in [-0.3, -0.25) is 14.4 Å². The number of hydrogen-bond acceptors (Lipinski definition) is 4. The van der Waals surface area contributed by atoms with Crippen LogP contribution < -0.4 is 20.3 Å². The summed E-state index contributed by atoms with van der Waals surface area (Å²) in [6, 6.07) is 14.1. The minimum Gasteiger partial charge on any atom is -0.482 e. The third-order valence-corrected chi connectivity index (χ3v) is 4.07. The number of para-hydroxylation sites is 2. The predicted molar refractivity (Wildman–Crippen MR) is 103 cm³/mol. The maximum atomic E-state index is 12.2. The molecule has 2 aromatic carbocycles. The Morgan fingerprint density at radius 2 is 1.93 bits per heavy atom. The van der Waals surface area contributed by atoms with Gasteiger partial charge in [-0.05, 0) is 36.8 Å². The Bertz CT molecular complexity index is 866. The summed E-state index contributed by atoms with van der Waals surface area (Å²) in [4.78, 5) is 37.0. The highest BCUT2D eigenvalue weighted by atomic mass is 16.5. The van der Waals surface area contributed by atoms with Crippen molar-refractivity contribution in [2.45, 2.75) is 19.8 Å². The Morgan fingerprint density at radius 3 is 2.67 bits per heavy atom. The van der Waals surface area contributed by atoms with Gasteiger partial charge in [0.25, 0.3) is 5.91 Å². The molecule has 7 heteroatoms. The fraction of sp³-hybridized carbons (Fsp3) is 0.250. The van der Waals surface area contributed by atoms with Crippen LogP contribution in [0.15, 0.2) is 48.5 Å². The first-order valence-electron chi connectivity index (χ1n) is 8.72. The van der Waals surface area contributed by atoms with Crippen molar-refractivity contribution < 1.29 is 19.1 Å². The number of amides is 3. The van der Waals surface area contributed by atoms with Gasteiger partial charge in [0.15, 0.2) is 6.61 Å². The average molecular weight is 367 g/mol. The molecule has 0 spiro atoms. The van der Waals surface area contributed by atoms with Crippen molar-refractivity contribution in [3.8, 4) is 5.75 Å². The second-order valence-electron chi connectivity index (χ2n) is 6.21. The molecule has 0 aromatic heterocycles. The Hall–Kier alpha value is -3.35. The van der Waals surface area contributed by atoms with Gasteiger partial charge in [-0.25, -0.2) is 0 Å². The summed E-state index contributed by atoms with van der Waals surface area (Å²) in [5, 5.41) is 5.42. The molecule has 0 radical (unpaired) electrons. The zero-order valence-corrected chi connectivity index (χ0v) is 15.0. The van der Waals surface area contributed by atoms with Crippen LogP contribution in [0.4, 0.5) is 17.1 Å². The molecule has 140 valence electrons. The van der Waals surface area contributed by atoms with Gasteiger partial charge >= 0.3 is 0 Å². The van der Waals surface area contributed by atoms with Crippen LogP contribution in [0.1, 0.15) is 19.8 Å². The van der Waals surface area contributed by atoms with E-state index in [1.807, 2.05) is 6.07 Å². The normalized spacial score (nSPS) is 13.4. The van der Waals surface area contributed by atoms with Crippen molar-refractivity contribution in [2.75, 3.05) is 28.7 Å². The molecule has 3 rings (SSSR count). The predicted octanol–water partition coefficient (Wildman–Crippen LogP) is 2.79. The van der Waals surface area contributed by atoms with Crippen LogP contribution in [0.5, 0.6) is 5.75 Å². The number of nitrogens with zero attached hydrogens (tertiary/aromatic N) is 1. The third kappa shape index (κ3) is 4.84. The molecule has 0 aliphatic carbocycles. The zero-order chi connectivity index (χ0) is 19.2. The summed E-state index contributed by atoms with van der Waals surface area (Å²) in [5.41, 5.74) is 1.87. The van der Waals surface area contributed by atoms with Crippen LogP contribution in [0, 0.1) is 0 Å². The topological polar surface area (TPSA) is 87.7 Å². The van der Waals surface area contributed by atoms with E-state index in [1.54, 1.807) is 47.4 Å². The number of hydrogen-bond donors (Lipinski definition) is 2. The summed E-state index contributed by atoms with van der Waals surface area (Å²) >= 11 is 0. The van der Waals surface area contributed by atoms with Gasteiger partial charge in [-0.15, -0.1) is 0 Å². The van der Waals surface area contributed by atoms with Gasteiger partial charge in [0.05, 0.1) is 5.69 Å². The SMILES string of the molecule is CC(=O)Nc1ccccc1OCC(=O)Nc1cccc(N2CCCC2=O)c1. The Labute approximate surface area is 157 Å². The van der Waals surface area contributed by atoms with Crippen molar-refractivity contribution in [3.63, 3.8) is 0 Å². The zero-order valence-electron chi connectivity index (χ0n) is 15.0. The molecule has 1 aliphatic rings. The lowest BCUT2D eigenvalue weighted by Crippen LogP contribution is -2.24. The molecule has 1 aliphatic heterocycles. The molecule has 0 atom stereocenters. The van der Waals surface area contributed by atoms with Crippen molar-refractivity contribution in [1.29, 1.82) is 0 Å². The quantitative estimate of drug-likeness (QED) is 0.822. The van der Waals surface area contributed by atoms with Crippen molar-refractivity contribution in [3.05, 3.63) is 48.5 Å². The molecule has 1 saturated heterocycles. The Morgan fingerprint density at radius 1 is 1.11 bits per heavy atom. The van der Waals surface area contributed by atoms with Crippen molar-refractivity contribution >= 4 is 34.8 Å². The smallest absolute Gasteiger partial charge is 0.262 e. The lowest BCUT2D eigenvalue weighted by molar-refractivity contribution is -0.118. The third-order valence-electron chi connectivity index (χ3n) is 4.07. The van der Waals surface area contributed by atoms with E-state index in [4.69, 9.17) is 4.74 Å². The van der Waals surface area contributed by atoms with Gasteiger partial charge in [0.2, 0.25) is 11.8 Å². The van der Waals surface area contributed by atoms with Gasteiger partial charge in [0, 0.05) is 31.3 Å². The minimum atomic E-state index is -0.336. The van der Waals surface area contributed by atoms with Gasteiger partial charge < -0.3 is 20.3 Å². The van der Waals surface area contributed by atoms with Crippen LogP contribution in [-0.4, -0.2) is 30.9 Å². The fourth-order valence-corrected chi connectivity index (χ4v) is 2.90. The molecule has 27 heavy (non-hydrogen) atoms. The van der Waals surface area contributed by atoms with E-state index in [2.05, 4.69) is 10.6 Å². The van der Waals surface area contributed by atoms with Crippen molar-refractivity contribution in [1.82, 2.24) is 0 Å². The Balaban J connectivity index is 1.60. The summed E-state index contributed by atoms with van der Waals surface area (Å²) < 4.78 is 5.53. The highest BCUT2D eigenvalue weighted by molar-refractivity contribution is 5.97. The van der Waals surface area contributed by atoms with E-state index >= 15 is 0 Å². The lowest BCUT2D eigenvalue weighted by Gasteiger charge is -2.17. The van der Waals surface area contributed by atoms with Crippen LogP contribution in [-0.2, 0) is 14.4 Å². The molecular weight excluding hydrogens is 346 g/mol. The average Bonchev–Trinajstić information content (AvgIpc) is 3.07. The summed E-state index contributed by atoms with van der Waals surface area (Å²) in [7, 11) is 0. The molecular formula is C20H21N3O4. The van der Waals surface area contributed by atoms with Crippen LogP contribution >= 0.6 is 0 Å². The number of benzene rings is 2. The fourth-order valence-electron chi connectivity index (χ4n) is 2.90. The van der Waals surface area contributed by atoms with E-state index in [0.29, 0.717) is 30.1 Å². The molecule has 3 amide bonds. The molecule has 0 unspecified atom stereocenters. The molecule has 0 saturated carbocycles. The second-order valence-corrected chi connectivity index (χ2v) is 6.21. The van der Waals surface area contributed by atoms with E-state index in [1.165, 1.54) is 6.92 Å². The number of rotatable bonds is 6. The molecule has 2 N–H and O–H groups in total. The Kier molecular flexibility index (Phi) is 5.71. The number of ether oxygens (including phenoxy) is 1. The van der Waals surface area contributed by atoms with Crippen molar-refractivity contribution in [2.24, 2.45) is 0 Å². The summed E-state index contributed by atoms with van der Waals surface area (Å²) in [5.74, 6) is -0.0445. The van der Waals surface area contributed by atoms with E-state index in [0.717, 1.165) is 12.1 Å². The highest BCUT2D eigenvalue weighted by Gasteiger charge is 2.21. The van der Waals surface area contributed by atoms with E-state index in [-0.39, 0.29) is 24.3 Å². The molecule has 0 bridgehead atoms. The summed E-state index contributed by atoms with van der Waals surface area (Å²) in [6.45, 7) is 1.89. The maximum Gasteiger partial charge on any atom is 0.262 e. The first-order valence-corrected chi connectivity index (χ1v) is 8.72. The van der Waals surface area contributed by atoms with Crippen LogP contribution in [0.25, 0.3) is 0 Å². The first kappa shape index (κ1) is 18.4. The monoisotopic (exact) mass is 367 g/mol. The molecule has 2 aromatic rings. The minimum absolute atomic E-state index is 0.0939.